The number of rotatable bonds is 4. The van der Waals surface area contributed by atoms with Gasteiger partial charge in [-0.3, -0.25) is 0 Å². The van der Waals surface area contributed by atoms with Crippen LogP contribution < -0.4 is 16.6 Å². The standard InChI is InChI=1S/C11H18N4O2/c1-8-11(16,5-6-17-8)7-13-9-3-2-4-10(14-9)15-12/h2-4,8,16H,5-7,12H2,1H3,(H2,13,14,15). The minimum Gasteiger partial charge on any atom is -0.385 e. The summed E-state index contributed by atoms with van der Waals surface area (Å²) >= 11 is 0. The Hall–Kier alpha value is -1.37. The molecule has 1 aromatic rings. The first-order valence-electron chi connectivity index (χ1n) is 5.65. The molecule has 2 heterocycles. The molecule has 1 fully saturated rings. The van der Waals surface area contributed by atoms with Crippen LogP contribution in [-0.2, 0) is 4.74 Å². The van der Waals surface area contributed by atoms with E-state index < -0.39 is 5.60 Å². The molecular formula is C11H18N4O2. The number of aliphatic hydroxyl groups is 1. The molecule has 0 aliphatic carbocycles. The SMILES string of the molecule is CC1OCCC1(O)CNc1cccc(NN)n1. The van der Waals surface area contributed by atoms with Crippen LogP contribution in [0.3, 0.4) is 0 Å². The molecule has 0 bridgehead atoms. The monoisotopic (exact) mass is 238 g/mol. The highest BCUT2D eigenvalue weighted by atomic mass is 16.5. The molecule has 2 atom stereocenters. The third-order valence-corrected chi connectivity index (χ3v) is 3.13. The molecular weight excluding hydrogens is 220 g/mol. The van der Waals surface area contributed by atoms with Crippen molar-refractivity contribution >= 4 is 11.6 Å². The molecule has 17 heavy (non-hydrogen) atoms. The molecule has 1 aliphatic rings. The molecule has 2 unspecified atom stereocenters. The van der Waals surface area contributed by atoms with Gasteiger partial charge in [0.2, 0.25) is 0 Å². The molecule has 1 aliphatic heterocycles. The summed E-state index contributed by atoms with van der Waals surface area (Å²) in [6.45, 7) is 2.88. The number of pyridine rings is 1. The fraction of sp³-hybridized carbons (Fsp3) is 0.545. The van der Waals surface area contributed by atoms with E-state index in [0.717, 1.165) is 0 Å². The fourth-order valence-corrected chi connectivity index (χ4v) is 1.86. The van der Waals surface area contributed by atoms with Gasteiger partial charge in [0.15, 0.2) is 0 Å². The van der Waals surface area contributed by atoms with Crippen LogP contribution in [-0.4, -0.2) is 34.9 Å². The highest BCUT2D eigenvalue weighted by molar-refractivity contribution is 5.44. The molecule has 0 radical (unpaired) electrons. The van der Waals surface area contributed by atoms with Gasteiger partial charge >= 0.3 is 0 Å². The minimum atomic E-state index is -0.826. The minimum absolute atomic E-state index is 0.161. The van der Waals surface area contributed by atoms with Gasteiger partial charge in [-0.25, -0.2) is 10.8 Å². The Morgan fingerprint density at radius 1 is 1.59 bits per heavy atom. The molecule has 0 aromatic carbocycles. The highest BCUT2D eigenvalue weighted by Gasteiger charge is 2.39. The number of hydrazine groups is 1. The van der Waals surface area contributed by atoms with Gasteiger partial charge in [-0.2, -0.15) is 0 Å². The molecule has 5 N–H and O–H groups in total. The predicted octanol–water partition coefficient (Wildman–Crippen LogP) is 0.319. The number of nitrogens with two attached hydrogens (primary N) is 1. The van der Waals surface area contributed by atoms with Crippen LogP contribution in [0.1, 0.15) is 13.3 Å². The van der Waals surface area contributed by atoms with Crippen LogP contribution in [0.4, 0.5) is 11.6 Å². The quantitative estimate of drug-likeness (QED) is 0.446. The summed E-state index contributed by atoms with van der Waals surface area (Å²) in [5.41, 5.74) is 1.65. The van der Waals surface area contributed by atoms with Gasteiger partial charge in [-0.15, -0.1) is 0 Å². The molecule has 6 heteroatoms. The van der Waals surface area contributed by atoms with E-state index in [9.17, 15) is 5.11 Å². The Kier molecular flexibility index (Phi) is 3.46. The van der Waals surface area contributed by atoms with Crippen molar-refractivity contribution in [2.75, 3.05) is 23.9 Å². The molecule has 2 rings (SSSR count). The van der Waals surface area contributed by atoms with Crippen LogP contribution >= 0.6 is 0 Å². The maximum absolute atomic E-state index is 10.3. The van der Waals surface area contributed by atoms with E-state index >= 15 is 0 Å². The zero-order chi connectivity index (χ0) is 12.3. The summed E-state index contributed by atoms with van der Waals surface area (Å²) in [6.07, 6.45) is 0.474. The van der Waals surface area contributed by atoms with Gasteiger partial charge in [-0.1, -0.05) is 6.07 Å². The largest absolute Gasteiger partial charge is 0.385 e. The van der Waals surface area contributed by atoms with Crippen LogP contribution in [0.5, 0.6) is 0 Å². The van der Waals surface area contributed by atoms with Crippen molar-refractivity contribution in [3.05, 3.63) is 18.2 Å². The van der Waals surface area contributed by atoms with Crippen LogP contribution in [0.15, 0.2) is 18.2 Å². The van der Waals surface area contributed by atoms with E-state index in [1.807, 2.05) is 19.1 Å². The van der Waals surface area contributed by atoms with Crippen molar-refractivity contribution in [1.29, 1.82) is 0 Å². The van der Waals surface area contributed by atoms with Crippen molar-refractivity contribution in [2.45, 2.75) is 25.0 Å². The van der Waals surface area contributed by atoms with Gasteiger partial charge in [0, 0.05) is 19.6 Å². The van der Waals surface area contributed by atoms with Crippen molar-refractivity contribution < 1.29 is 9.84 Å². The number of anilines is 2. The van der Waals surface area contributed by atoms with Gasteiger partial charge in [-0.05, 0) is 19.1 Å². The summed E-state index contributed by atoms with van der Waals surface area (Å²) < 4.78 is 5.36. The summed E-state index contributed by atoms with van der Waals surface area (Å²) in [6, 6.07) is 5.43. The maximum Gasteiger partial charge on any atom is 0.142 e. The smallest absolute Gasteiger partial charge is 0.142 e. The summed E-state index contributed by atoms with van der Waals surface area (Å²) in [5.74, 6) is 6.53. The van der Waals surface area contributed by atoms with Crippen molar-refractivity contribution in [3.8, 4) is 0 Å². The lowest BCUT2D eigenvalue weighted by atomic mass is 9.97. The lowest BCUT2D eigenvalue weighted by molar-refractivity contribution is -0.0176. The Labute approximate surface area is 100 Å². The molecule has 0 spiro atoms. The number of hydrogen-bond acceptors (Lipinski definition) is 6. The second-order valence-corrected chi connectivity index (χ2v) is 4.27. The van der Waals surface area contributed by atoms with E-state index in [1.54, 1.807) is 6.07 Å². The zero-order valence-electron chi connectivity index (χ0n) is 9.81. The van der Waals surface area contributed by atoms with Crippen LogP contribution in [0.25, 0.3) is 0 Å². The van der Waals surface area contributed by atoms with Crippen molar-refractivity contribution in [2.24, 2.45) is 5.84 Å². The second-order valence-electron chi connectivity index (χ2n) is 4.27. The fourth-order valence-electron chi connectivity index (χ4n) is 1.86. The first kappa shape index (κ1) is 12.1. The zero-order valence-corrected chi connectivity index (χ0v) is 9.81. The lowest BCUT2D eigenvalue weighted by Gasteiger charge is -2.26. The third kappa shape index (κ3) is 2.66. The maximum atomic E-state index is 10.3. The molecule has 6 nitrogen and oxygen atoms in total. The van der Waals surface area contributed by atoms with Crippen molar-refractivity contribution in [1.82, 2.24) is 4.98 Å². The number of nitrogens with zero attached hydrogens (tertiary/aromatic N) is 1. The summed E-state index contributed by atoms with van der Waals surface area (Å²) in [4.78, 5) is 4.21. The molecule has 1 aromatic heterocycles. The van der Waals surface area contributed by atoms with Gasteiger partial charge in [0.1, 0.15) is 17.2 Å². The number of hydrogen-bond donors (Lipinski definition) is 4. The lowest BCUT2D eigenvalue weighted by Crippen LogP contribution is -2.43. The molecule has 1 saturated heterocycles. The number of aromatic nitrogens is 1. The third-order valence-electron chi connectivity index (χ3n) is 3.13. The number of nitrogen functional groups attached to an aromatic ring is 1. The summed E-state index contributed by atoms with van der Waals surface area (Å²) in [5, 5.41) is 13.4. The molecule has 0 amide bonds. The van der Waals surface area contributed by atoms with E-state index in [1.165, 1.54) is 0 Å². The second kappa shape index (κ2) is 4.87. The van der Waals surface area contributed by atoms with Crippen LogP contribution in [0.2, 0.25) is 0 Å². The van der Waals surface area contributed by atoms with Gasteiger partial charge in [0.05, 0.1) is 6.10 Å². The topological polar surface area (TPSA) is 92.4 Å². The Morgan fingerprint density at radius 3 is 3.00 bits per heavy atom. The van der Waals surface area contributed by atoms with E-state index in [0.29, 0.717) is 31.2 Å². The van der Waals surface area contributed by atoms with E-state index in [2.05, 4.69) is 15.7 Å². The van der Waals surface area contributed by atoms with Gasteiger partial charge in [0.25, 0.3) is 0 Å². The first-order chi connectivity index (χ1) is 8.14. The highest BCUT2D eigenvalue weighted by Crippen LogP contribution is 2.25. The van der Waals surface area contributed by atoms with E-state index in [-0.39, 0.29) is 6.10 Å². The first-order valence-corrected chi connectivity index (χ1v) is 5.65. The normalized spacial score (nSPS) is 28.1. The molecule has 0 saturated carbocycles. The Bertz CT molecular complexity index is 387. The predicted molar refractivity (Wildman–Crippen MR) is 65.5 cm³/mol. The molecule has 94 valence electrons. The Morgan fingerprint density at radius 2 is 2.35 bits per heavy atom. The van der Waals surface area contributed by atoms with E-state index in [4.69, 9.17) is 10.6 Å². The van der Waals surface area contributed by atoms with Gasteiger partial charge < -0.3 is 20.6 Å². The summed E-state index contributed by atoms with van der Waals surface area (Å²) in [7, 11) is 0. The van der Waals surface area contributed by atoms with Crippen molar-refractivity contribution in [3.63, 3.8) is 0 Å². The average Bonchev–Trinajstić information content (AvgIpc) is 2.68. The number of ether oxygens (including phenoxy) is 1. The Balaban J connectivity index is 1.97. The number of nitrogens with one attached hydrogen (secondary N) is 2. The van der Waals surface area contributed by atoms with Crippen LogP contribution in [0, 0.1) is 0 Å². The average molecular weight is 238 g/mol.